The molecular weight excluding hydrogens is 311 g/mol. The average Bonchev–Trinajstić information content (AvgIpc) is 2.88. The highest BCUT2D eigenvalue weighted by Crippen LogP contribution is 2.33. The van der Waals surface area contributed by atoms with Crippen molar-refractivity contribution in [1.82, 2.24) is 5.32 Å². The predicted octanol–water partition coefficient (Wildman–Crippen LogP) is 2.45. The van der Waals surface area contributed by atoms with E-state index in [9.17, 15) is 23.1 Å². The van der Waals surface area contributed by atoms with Crippen molar-refractivity contribution in [3.8, 4) is 5.75 Å². The van der Waals surface area contributed by atoms with Gasteiger partial charge in [-0.25, -0.2) is 0 Å². The van der Waals surface area contributed by atoms with E-state index < -0.39 is 17.7 Å². The van der Waals surface area contributed by atoms with Crippen molar-refractivity contribution in [3.05, 3.63) is 35.4 Å². The smallest absolute Gasteiger partial charge is 0.426 e. The lowest BCUT2D eigenvalue weighted by atomic mass is 10.0. The van der Waals surface area contributed by atoms with Crippen LogP contribution in [0.4, 0.5) is 13.2 Å². The lowest BCUT2D eigenvalue weighted by Gasteiger charge is -2.24. The fourth-order valence-electron chi connectivity index (χ4n) is 2.35. The van der Waals surface area contributed by atoms with Crippen molar-refractivity contribution in [1.29, 1.82) is 0 Å². The van der Waals surface area contributed by atoms with Gasteiger partial charge in [0.25, 0.3) is 5.91 Å². The van der Waals surface area contributed by atoms with Crippen LogP contribution in [0.1, 0.15) is 24.5 Å². The molecule has 4 nitrogen and oxygen atoms in total. The molecule has 0 bridgehead atoms. The number of halogens is 3. The first-order valence-electron chi connectivity index (χ1n) is 7.10. The van der Waals surface area contributed by atoms with Gasteiger partial charge in [-0.05, 0) is 48.6 Å². The van der Waals surface area contributed by atoms with Crippen LogP contribution >= 0.6 is 0 Å². The van der Waals surface area contributed by atoms with Crippen molar-refractivity contribution < 1.29 is 27.8 Å². The number of benzene rings is 1. The summed E-state index contributed by atoms with van der Waals surface area (Å²) >= 11 is 0. The SMILES string of the molecule is COc1ccc2c(c1)C(CCNC(=O)C(C)(O)C(F)(F)F)=CC2. The highest BCUT2D eigenvalue weighted by molar-refractivity contribution is 5.85. The number of aliphatic hydroxyl groups is 1. The van der Waals surface area contributed by atoms with Crippen molar-refractivity contribution >= 4 is 11.5 Å². The maximum atomic E-state index is 12.6. The van der Waals surface area contributed by atoms with Gasteiger partial charge in [0.2, 0.25) is 5.60 Å². The maximum absolute atomic E-state index is 12.6. The summed E-state index contributed by atoms with van der Waals surface area (Å²) in [6.45, 7) is 0.449. The number of amides is 1. The van der Waals surface area contributed by atoms with Crippen LogP contribution in [0, 0.1) is 0 Å². The molecule has 0 radical (unpaired) electrons. The lowest BCUT2D eigenvalue weighted by molar-refractivity contribution is -0.245. The number of hydrogen-bond donors (Lipinski definition) is 2. The van der Waals surface area contributed by atoms with Gasteiger partial charge in [0.1, 0.15) is 5.75 Å². The molecule has 1 unspecified atom stereocenters. The second-order valence-electron chi connectivity index (χ2n) is 5.53. The Morgan fingerprint density at radius 2 is 2.09 bits per heavy atom. The van der Waals surface area contributed by atoms with Gasteiger partial charge < -0.3 is 15.2 Å². The minimum absolute atomic E-state index is 0.00749. The van der Waals surface area contributed by atoms with Crippen LogP contribution in [0.15, 0.2) is 24.3 Å². The number of fused-ring (bicyclic) bond motifs is 1. The second kappa shape index (κ2) is 6.23. The molecule has 1 aromatic rings. The Morgan fingerprint density at radius 3 is 2.70 bits per heavy atom. The number of nitrogens with one attached hydrogen (secondary N) is 1. The number of rotatable bonds is 5. The van der Waals surface area contributed by atoms with E-state index >= 15 is 0 Å². The molecule has 0 aromatic heterocycles. The molecule has 0 aliphatic heterocycles. The molecule has 0 heterocycles. The Hall–Kier alpha value is -2.02. The van der Waals surface area contributed by atoms with Gasteiger partial charge in [0.15, 0.2) is 0 Å². The van der Waals surface area contributed by atoms with Crippen LogP contribution in [0.25, 0.3) is 5.57 Å². The van der Waals surface area contributed by atoms with Crippen LogP contribution in [0.5, 0.6) is 5.75 Å². The monoisotopic (exact) mass is 329 g/mol. The third-order valence-electron chi connectivity index (χ3n) is 3.91. The minimum atomic E-state index is -5.01. The molecule has 1 aliphatic rings. The largest absolute Gasteiger partial charge is 0.497 e. The van der Waals surface area contributed by atoms with E-state index in [0.717, 1.165) is 23.1 Å². The number of hydrogen-bond acceptors (Lipinski definition) is 3. The van der Waals surface area contributed by atoms with Gasteiger partial charge >= 0.3 is 6.18 Å². The van der Waals surface area contributed by atoms with E-state index in [1.165, 1.54) is 0 Å². The number of alkyl halides is 3. The van der Waals surface area contributed by atoms with E-state index in [0.29, 0.717) is 19.1 Å². The standard InChI is InChI=1S/C16H18F3NO3/c1-15(22,16(17,18)19)14(21)20-8-7-11-4-3-10-5-6-12(23-2)9-13(10)11/h4-6,9,22H,3,7-8H2,1-2H3,(H,20,21). The van der Waals surface area contributed by atoms with E-state index in [4.69, 9.17) is 4.74 Å². The summed E-state index contributed by atoms with van der Waals surface area (Å²) in [5.41, 5.74) is -0.375. The highest BCUT2D eigenvalue weighted by Gasteiger charge is 2.55. The number of allylic oxidation sites excluding steroid dienone is 1. The van der Waals surface area contributed by atoms with E-state index in [1.54, 1.807) is 7.11 Å². The number of carbonyl (C=O) groups excluding carboxylic acids is 1. The molecule has 0 saturated carbocycles. The summed E-state index contributed by atoms with van der Waals surface area (Å²) in [4.78, 5) is 11.5. The van der Waals surface area contributed by atoms with E-state index in [2.05, 4.69) is 5.32 Å². The fourth-order valence-corrected chi connectivity index (χ4v) is 2.35. The van der Waals surface area contributed by atoms with Crippen LogP contribution < -0.4 is 10.1 Å². The second-order valence-corrected chi connectivity index (χ2v) is 5.53. The first kappa shape index (κ1) is 17.3. The van der Waals surface area contributed by atoms with Gasteiger partial charge in [-0.1, -0.05) is 12.1 Å². The van der Waals surface area contributed by atoms with Crippen LogP contribution in [0.3, 0.4) is 0 Å². The molecule has 1 amide bonds. The van der Waals surface area contributed by atoms with Crippen molar-refractivity contribution in [2.45, 2.75) is 31.5 Å². The normalized spacial score (nSPS) is 16.3. The number of ether oxygens (including phenoxy) is 1. The van der Waals surface area contributed by atoms with E-state index in [1.807, 2.05) is 24.3 Å². The van der Waals surface area contributed by atoms with Gasteiger partial charge in [0.05, 0.1) is 7.11 Å². The Kier molecular flexibility index (Phi) is 4.70. The fraction of sp³-hybridized carbons (Fsp3) is 0.438. The summed E-state index contributed by atoms with van der Waals surface area (Å²) in [6, 6.07) is 5.64. The molecule has 0 fully saturated rings. The van der Waals surface area contributed by atoms with Crippen LogP contribution in [0.2, 0.25) is 0 Å². The van der Waals surface area contributed by atoms with E-state index in [-0.39, 0.29) is 6.54 Å². The van der Waals surface area contributed by atoms with Crippen molar-refractivity contribution in [2.75, 3.05) is 13.7 Å². The van der Waals surface area contributed by atoms with Gasteiger partial charge in [-0.15, -0.1) is 0 Å². The molecule has 126 valence electrons. The summed E-state index contributed by atoms with van der Waals surface area (Å²) in [5.74, 6) is -0.755. The Balaban J connectivity index is 1.96. The Morgan fingerprint density at radius 1 is 1.39 bits per heavy atom. The van der Waals surface area contributed by atoms with Crippen LogP contribution in [-0.4, -0.2) is 36.4 Å². The molecule has 0 spiro atoms. The topological polar surface area (TPSA) is 58.6 Å². The summed E-state index contributed by atoms with van der Waals surface area (Å²) in [6.07, 6.45) is -1.93. The maximum Gasteiger partial charge on any atom is 0.426 e. The molecule has 23 heavy (non-hydrogen) atoms. The third kappa shape index (κ3) is 3.50. The molecule has 2 N–H and O–H groups in total. The minimum Gasteiger partial charge on any atom is -0.497 e. The predicted molar refractivity (Wildman–Crippen MR) is 79.0 cm³/mol. The van der Waals surface area contributed by atoms with Gasteiger partial charge in [0, 0.05) is 6.54 Å². The zero-order valence-corrected chi connectivity index (χ0v) is 12.8. The quantitative estimate of drug-likeness (QED) is 0.872. The molecule has 1 aliphatic carbocycles. The first-order valence-corrected chi connectivity index (χ1v) is 7.10. The molecule has 0 saturated heterocycles. The number of methoxy groups -OCH3 is 1. The van der Waals surface area contributed by atoms with Gasteiger partial charge in [-0.2, -0.15) is 13.2 Å². The summed E-state index contributed by atoms with van der Waals surface area (Å²) < 4.78 is 42.8. The average molecular weight is 329 g/mol. The zero-order valence-electron chi connectivity index (χ0n) is 12.8. The Bertz CT molecular complexity index is 636. The third-order valence-corrected chi connectivity index (χ3v) is 3.91. The molecular formula is C16H18F3NO3. The first-order chi connectivity index (χ1) is 10.7. The molecule has 1 aromatic carbocycles. The molecule has 1 atom stereocenters. The zero-order chi connectivity index (χ0) is 17.3. The van der Waals surface area contributed by atoms with Crippen molar-refractivity contribution in [2.24, 2.45) is 0 Å². The van der Waals surface area contributed by atoms with Gasteiger partial charge in [-0.3, -0.25) is 4.79 Å². The lowest BCUT2D eigenvalue weighted by Crippen LogP contribution is -2.54. The van der Waals surface area contributed by atoms with Crippen molar-refractivity contribution in [3.63, 3.8) is 0 Å². The Labute approximate surface area is 132 Å². The number of carbonyl (C=O) groups is 1. The van der Waals surface area contributed by atoms with Crippen LogP contribution in [-0.2, 0) is 11.2 Å². The molecule has 7 heteroatoms. The highest BCUT2D eigenvalue weighted by atomic mass is 19.4. The molecule has 2 rings (SSSR count). The summed E-state index contributed by atoms with van der Waals surface area (Å²) in [5, 5.41) is 11.4. The summed E-state index contributed by atoms with van der Waals surface area (Å²) in [7, 11) is 1.56.